The fraction of sp³-hybridized carbons (Fsp3) is 0.391. The lowest BCUT2D eigenvalue weighted by atomic mass is 9.96. The molecule has 2 heterocycles. The summed E-state index contributed by atoms with van der Waals surface area (Å²) in [5, 5.41) is 6.09. The zero-order chi connectivity index (χ0) is 22.7. The van der Waals surface area contributed by atoms with Crippen LogP contribution in [0.2, 0.25) is 5.02 Å². The Morgan fingerprint density at radius 3 is 2.47 bits per heavy atom. The first-order valence-corrected chi connectivity index (χ1v) is 11.0. The number of carbonyl (C=O) groups is 2. The molecule has 7 nitrogen and oxygen atoms in total. The second-order valence-electron chi connectivity index (χ2n) is 8.34. The molecule has 2 aliphatic heterocycles. The largest absolute Gasteiger partial charge is 0.482 e. The molecule has 170 valence electrons. The Balaban J connectivity index is 1.29. The van der Waals surface area contributed by atoms with E-state index in [0.29, 0.717) is 12.1 Å². The maximum atomic E-state index is 13.4. The molecule has 2 bridgehead atoms. The van der Waals surface area contributed by atoms with Crippen molar-refractivity contribution in [1.29, 1.82) is 0 Å². The Morgan fingerprint density at radius 1 is 1.12 bits per heavy atom. The van der Waals surface area contributed by atoms with Crippen LogP contribution in [0.5, 0.6) is 5.75 Å². The van der Waals surface area contributed by atoms with Crippen molar-refractivity contribution in [1.82, 2.24) is 10.2 Å². The molecule has 2 fully saturated rings. The molecule has 2 aliphatic rings. The van der Waals surface area contributed by atoms with Crippen molar-refractivity contribution in [3.05, 3.63) is 58.9 Å². The van der Waals surface area contributed by atoms with Gasteiger partial charge in [0.05, 0.1) is 5.69 Å². The zero-order valence-corrected chi connectivity index (χ0v) is 18.3. The van der Waals surface area contributed by atoms with Gasteiger partial charge in [-0.2, -0.15) is 0 Å². The Hall–Kier alpha value is -2.84. The number of piperidine rings is 1. The van der Waals surface area contributed by atoms with Crippen molar-refractivity contribution in [2.24, 2.45) is 5.73 Å². The first-order chi connectivity index (χ1) is 15.4. The van der Waals surface area contributed by atoms with Crippen LogP contribution in [0.25, 0.3) is 0 Å². The third-order valence-corrected chi connectivity index (χ3v) is 6.34. The van der Waals surface area contributed by atoms with Gasteiger partial charge >= 0.3 is 6.03 Å². The fourth-order valence-electron chi connectivity index (χ4n) is 4.72. The van der Waals surface area contributed by atoms with Crippen molar-refractivity contribution < 1.29 is 18.7 Å². The molecule has 0 spiro atoms. The van der Waals surface area contributed by atoms with Crippen molar-refractivity contribution in [2.45, 2.75) is 50.4 Å². The molecule has 0 saturated carbocycles. The van der Waals surface area contributed by atoms with E-state index < -0.39 is 11.8 Å². The van der Waals surface area contributed by atoms with Crippen LogP contribution in [0.3, 0.4) is 0 Å². The number of carbonyl (C=O) groups excluding carboxylic acids is 2. The monoisotopic (exact) mass is 460 g/mol. The fourth-order valence-corrected chi connectivity index (χ4v) is 4.85. The first kappa shape index (κ1) is 22.4. The number of amides is 3. The molecule has 32 heavy (non-hydrogen) atoms. The summed E-state index contributed by atoms with van der Waals surface area (Å²) in [6.45, 7) is 0.649. The molecule has 2 atom stereocenters. The number of rotatable bonds is 7. The summed E-state index contributed by atoms with van der Waals surface area (Å²) in [7, 11) is 0. The molecular formula is C23H26ClFN4O3. The van der Waals surface area contributed by atoms with Gasteiger partial charge < -0.3 is 21.1 Å². The molecule has 2 saturated heterocycles. The lowest BCUT2D eigenvalue weighted by molar-refractivity contribution is -0.124. The van der Waals surface area contributed by atoms with Crippen LogP contribution in [0.15, 0.2) is 42.5 Å². The van der Waals surface area contributed by atoms with Gasteiger partial charge in [0.1, 0.15) is 11.6 Å². The summed E-state index contributed by atoms with van der Waals surface area (Å²) >= 11 is 5.99. The SMILES string of the molecule is NC(=O)Nc1cc(F)ccc1OCC(=O)NC1CC2CCC(C1)N2Cc1ccc(Cl)cc1. The highest BCUT2D eigenvalue weighted by Gasteiger charge is 2.40. The number of nitrogens with two attached hydrogens (primary N) is 1. The summed E-state index contributed by atoms with van der Waals surface area (Å²) in [6, 6.07) is 11.7. The van der Waals surface area contributed by atoms with Gasteiger partial charge in [-0.3, -0.25) is 9.69 Å². The number of nitrogens with zero attached hydrogens (tertiary/aromatic N) is 1. The first-order valence-electron chi connectivity index (χ1n) is 10.7. The molecule has 2 unspecified atom stereocenters. The molecule has 4 N–H and O–H groups in total. The minimum absolute atomic E-state index is 0.0823. The third-order valence-electron chi connectivity index (χ3n) is 6.09. The Bertz CT molecular complexity index is 974. The quantitative estimate of drug-likeness (QED) is 0.587. The van der Waals surface area contributed by atoms with E-state index in [1.807, 2.05) is 12.1 Å². The van der Waals surface area contributed by atoms with Crippen molar-refractivity contribution >= 4 is 29.2 Å². The van der Waals surface area contributed by atoms with Crippen molar-refractivity contribution in [3.8, 4) is 5.75 Å². The topological polar surface area (TPSA) is 96.7 Å². The van der Waals surface area contributed by atoms with E-state index in [0.717, 1.165) is 43.3 Å². The van der Waals surface area contributed by atoms with E-state index in [1.165, 1.54) is 17.7 Å². The van der Waals surface area contributed by atoms with Gasteiger partial charge in [0.25, 0.3) is 5.91 Å². The minimum Gasteiger partial charge on any atom is -0.482 e. The number of hydrogen-bond acceptors (Lipinski definition) is 4. The maximum Gasteiger partial charge on any atom is 0.316 e. The highest BCUT2D eigenvalue weighted by molar-refractivity contribution is 6.30. The van der Waals surface area contributed by atoms with E-state index in [4.69, 9.17) is 22.1 Å². The Morgan fingerprint density at radius 2 is 1.81 bits per heavy atom. The summed E-state index contributed by atoms with van der Waals surface area (Å²) in [4.78, 5) is 26.1. The van der Waals surface area contributed by atoms with Crippen molar-refractivity contribution in [2.75, 3.05) is 11.9 Å². The lowest BCUT2D eigenvalue weighted by Crippen LogP contribution is -2.50. The summed E-state index contributed by atoms with van der Waals surface area (Å²) < 4.78 is 18.9. The van der Waals surface area contributed by atoms with Gasteiger partial charge in [-0.15, -0.1) is 0 Å². The van der Waals surface area contributed by atoms with Gasteiger partial charge in [0.15, 0.2) is 6.61 Å². The number of fused-ring (bicyclic) bond motifs is 2. The van der Waals surface area contributed by atoms with Crippen LogP contribution >= 0.6 is 11.6 Å². The number of primary amides is 1. The smallest absolute Gasteiger partial charge is 0.316 e. The highest BCUT2D eigenvalue weighted by Crippen LogP contribution is 2.37. The molecule has 3 amide bonds. The highest BCUT2D eigenvalue weighted by atomic mass is 35.5. The second kappa shape index (κ2) is 9.75. The van der Waals surface area contributed by atoms with Crippen LogP contribution < -0.4 is 21.1 Å². The molecule has 9 heteroatoms. The normalized spacial score (nSPS) is 22.4. The standard InChI is InChI=1S/C23H26ClFN4O3/c24-15-3-1-14(2-4-15)12-29-18-6-7-19(29)11-17(10-18)27-22(30)13-32-21-8-5-16(25)9-20(21)28-23(26)31/h1-5,8-9,17-19H,6-7,10-13H2,(H,27,30)(H3,26,28,31). The summed E-state index contributed by atoms with van der Waals surface area (Å²) in [5.74, 6) is -0.625. The average Bonchev–Trinajstić information content (AvgIpc) is 2.96. The molecule has 0 aliphatic carbocycles. The predicted octanol–water partition coefficient (Wildman–Crippen LogP) is 3.66. The van der Waals surface area contributed by atoms with Gasteiger partial charge in [-0.25, -0.2) is 9.18 Å². The molecule has 2 aromatic carbocycles. The molecule has 0 aromatic heterocycles. The van der Waals surface area contributed by atoms with Crippen LogP contribution in [0.4, 0.5) is 14.9 Å². The zero-order valence-electron chi connectivity index (χ0n) is 17.5. The van der Waals surface area contributed by atoms with Gasteiger partial charge in [0, 0.05) is 35.8 Å². The van der Waals surface area contributed by atoms with Crippen LogP contribution in [0, 0.1) is 5.82 Å². The maximum absolute atomic E-state index is 13.4. The number of anilines is 1. The van der Waals surface area contributed by atoms with Gasteiger partial charge in [0.2, 0.25) is 0 Å². The van der Waals surface area contributed by atoms with E-state index in [2.05, 4.69) is 27.7 Å². The molecule has 4 rings (SSSR count). The molecular weight excluding hydrogens is 435 g/mol. The van der Waals surface area contributed by atoms with Crippen molar-refractivity contribution in [3.63, 3.8) is 0 Å². The van der Waals surface area contributed by atoms with Crippen LogP contribution in [-0.4, -0.2) is 41.6 Å². The van der Waals surface area contributed by atoms with E-state index in [1.54, 1.807) is 0 Å². The number of urea groups is 1. The van der Waals surface area contributed by atoms with E-state index in [-0.39, 0.29) is 30.0 Å². The number of ether oxygens (including phenoxy) is 1. The van der Waals surface area contributed by atoms with Crippen LogP contribution in [-0.2, 0) is 11.3 Å². The van der Waals surface area contributed by atoms with Gasteiger partial charge in [-0.1, -0.05) is 23.7 Å². The van der Waals surface area contributed by atoms with E-state index >= 15 is 0 Å². The summed E-state index contributed by atoms with van der Waals surface area (Å²) in [6.07, 6.45) is 4.03. The Labute approximate surface area is 191 Å². The van der Waals surface area contributed by atoms with Gasteiger partial charge in [-0.05, 0) is 55.5 Å². The number of nitrogens with one attached hydrogen (secondary N) is 2. The summed E-state index contributed by atoms with van der Waals surface area (Å²) in [5.41, 5.74) is 6.42. The lowest BCUT2D eigenvalue weighted by Gasteiger charge is -2.39. The molecule has 2 aromatic rings. The average molecular weight is 461 g/mol. The number of halogens is 2. The van der Waals surface area contributed by atoms with E-state index in [9.17, 15) is 14.0 Å². The second-order valence-corrected chi connectivity index (χ2v) is 8.77. The number of benzene rings is 2. The third kappa shape index (κ3) is 5.49. The molecule has 0 radical (unpaired) electrons. The Kier molecular flexibility index (Phi) is 6.81. The minimum atomic E-state index is -0.842. The van der Waals surface area contributed by atoms with Crippen LogP contribution in [0.1, 0.15) is 31.2 Å². The predicted molar refractivity (Wildman–Crippen MR) is 120 cm³/mol. The number of hydrogen-bond donors (Lipinski definition) is 3.